The van der Waals surface area contributed by atoms with E-state index in [-0.39, 0.29) is 12.4 Å². The first-order valence-corrected chi connectivity index (χ1v) is 6.97. The van der Waals surface area contributed by atoms with Crippen molar-refractivity contribution in [3.63, 3.8) is 0 Å². The minimum absolute atomic E-state index is 0. The molecule has 1 aromatic carbocycles. The quantitative estimate of drug-likeness (QED) is 0.900. The van der Waals surface area contributed by atoms with Crippen molar-refractivity contribution < 1.29 is 4.74 Å². The average Bonchev–Trinajstić information content (AvgIpc) is 2.47. The van der Waals surface area contributed by atoms with Gasteiger partial charge in [-0.05, 0) is 55.6 Å². The fourth-order valence-corrected chi connectivity index (χ4v) is 3.17. The summed E-state index contributed by atoms with van der Waals surface area (Å²) in [5, 5.41) is 3.44. The van der Waals surface area contributed by atoms with E-state index in [9.17, 15) is 0 Å². The van der Waals surface area contributed by atoms with Crippen molar-refractivity contribution in [2.45, 2.75) is 31.8 Å². The number of nitrogens with zero attached hydrogens (tertiary/aromatic N) is 1. The summed E-state index contributed by atoms with van der Waals surface area (Å²) in [7, 11) is 1.75. The third-order valence-corrected chi connectivity index (χ3v) is 4.28. The number of rotatable bonds is 2. The van der Waals surface area contributed by atoms with Crippen LogP contribution in [0.25, 0.3) is 0 Å². The highest BCUT2D eigenvalue weighted by Crippen LogP contribution is 2.26. The lowest BCUT2D eigenvalue weighted by Gasteiger charge is -2.37. The lowest BCUT2D eigenvalue weighted by Crippen LogP contribution is -2.45. The molecule has 0 bridgehead atoms. The zero-order valence-electron chi connectivity index (χ0n) is 11.5. The maximum atomic E-state index is 5.33. The van der Waals surface area contributed by atoms with E-state index >= 15 is 0 Å². The van der Waals surface area contributed by atoms with Gasteiger partial charge in [0.15, 0.2) is 0 Å². The zero-order chi connectivity index (χ0) is 12.4. The Kier molecular flexibility index (Phi) is 5.08. The third-order valence-electron chi connectivity index (χ3n) is 4.28. The molecule has 0 saturated carbocycles. The molecule has 0 aliphatic carbocycles. The van der Waals surface area contributed by atoms with Crippen molar-refractivity contribution in [2.24, 2.45) is 0 Å². The van der Waals surface area contributed by atoms with Crippen LogP contribution in [0, 0.1) is 0 Å². The summed E-state index contributed by atoms with van der Waals surface area (Å²) >= 11 is 0. The summed E-state index contributed by atoms with van der Waals surface area (Å²) in [6.45, 7) is 4.65. The SMILES string of the molecule is COc1ccc2c(c1)CN(C1CCNCC1)CC2.Cl. The van der Waals surface area contributed by atoms with Crippen LogP contribution < -0.4 is 10.1 Å². The molecule has 0 aromatic heterocycles. The molecule has 2 aliphatic rings. The first kappa shape index (κ1) is 14.6. The number of hydrogen-bond donors (Lipinski definition) is 1. The summed E-state index contributed by atoms with van der Waals surface area (Å²) in [4.78, 5) is 2.66. The molecule has 2 aliphatic heterocycles. The van der Waals surface area contributed by atoms with Crippen LogP contribution in [0.5, 0.6) is 5.75 Å². The molecule has 0 amide bonds. The van der Waals surface area contributed by atoms with Gasteiger partial charge in [0.25, 0.3) is 0 Å². The minimum Gasteiger partial charge on any atom is -0.497 e. The van der Waals surface area contributed by atoms with Gasteiger partial charge in [0.2, 0.25) is 0 Å². The molecule has 106 valence electrons. The maximum absolute atomic E-state index is 5.33. The largest absolute Gasteiger partial charge is 0.497 e. The molecule has 0 radical (unpaired) electrons. The van der Waals surface area contributed by atoms with Gasteiger partial charge in [0.05, 0.1) is 7.11 Å². The predicted octanol–water partition coefficient (Wildman–Crippen LogP) is 2.23. The molecule has 3 nitrogen and oxygen atoms in total. The summed E-state index contributed by atoms with van der Waals surface area (Å²) in [6.07, 6.45) is 3.77. The van der Waals surface area contributed by atoms with Crippen LogP contribution in [0.2, 0.25) is 0 Å². The van der Waals surface area contributed by atoms with Crippen LogP contribution in [-0.2, 0) is 13.0 Å². The van der Waals surface area contributed by atoms with Gasteiger partial charge < -0.3 is 10.1 Å². The Hall–Kier alpha value is -0.770. The van der Waals surface area contributed by atoms with Gasteiger partial charge in [-0.15, -0.1) is 12.4 Å². The lowest BCUT2D eigenvalue weighted by molar-refractivity contribution is 0.147. The predicted molar refractivity (Wildman–Crippen MR) is 80.2 cm³/mol. The zero-order valence-corrected chi connectivity index (χ0v) is 12.3. The molecule has 2 heterocycles. The van der Waals surface area contributed by atoms with Crippen LogP contribution in [0.3, 0.4) is 0 Å². The number of benzene rings is 1. The van der Waals surface area contributed by atoms with E-state index in [4.69, 9.17) is 4.74 Å². The molecule has 0 unspecified atom stereocenters. The van der Waals surface area contributed by atoms with Crippen molar-refractivity contribution >= 4 is 12.4 Å². The number of methoxy groups -OCH3 is 1. The fraction of sp³-hybridized carbons (Fsp3) is 0.600. The van der Waals surface area contributed by atoms with Crippen molar-refractivity contribution in [2.75, 3.05) is 26.7 Å². The topological polar surface area (TPSA) is 24.5 Å². The van der Waals surface area contributed by atoms with Crippen molar-refractivity contribution in [3.8, 4) is 5.75 Å². The second-order valence-electron chi connectivity index (χ2n) is 5.34. The summed E-state index contributed by atoms with van der Waals surface area (Å²) in [6, 6.07) is 7.29. The number of halogens is 1. The Morgan fingerprint density at radius 2 is 2.00 bits per heavy atom. The first-order chi connectivity index (χ1) is 8.86. The second kappa shape index (κ2) is 6.60. The number of piperidine rings is 1. The van der Waals surface area contributed by atoms with Crippen LogP contribution >= 0.6 is 12.4 Å². The van der Waals surface area contributed by atoms with E-state index in [1.807, 2.05) is 0 Å². The van der Waals surface area contributed by atoms with E-state index in [1.165, 1.54) is 50.0 Å². The van der Waals surface area contributed by atoms with Gasteiger partial charge in [0, 0.05) is 19.1 Å². The van der Waals surface area contributed by atoms with Crippen molar-refractivity contribution in [1.29, 1.82) is 0 Å². The Morgan fingerprint density at radius 3 is 2.74 bits per heavy atom. The van der Waals surface area contributed by atoms with E-state index in [0.29, 0.717) is 0 Å². The smallest absolute Gasteiger partial charge is 0.119 e. The second-order valence-corrected chi connectivity index (χ2v) is 5.34. The summed E-state index contributed by atoms with van der Waals surface area (Å²) in [5.74, 6) is 0.987. The molecule has 3 rings (SSSR count). The molecular weight excluding hydrogens is 260 g/mol. The Bertz CT molecular complexity index is 419. The van der Waals surface area contributed by atoms with E-state index < -0.39 is 0 Å². The molecule has 0 atom stereocenters. The highest BCUT2D eigenvalue weighted by atomic mass is 35.5. The lowest BCUT2D eigenvalue weighted by atomic mass is 9.95. The monoisotopic (exact) mass is 282 g/mol. The van der Waals surface area contributed by atoms with Gasteiger partial charge in [-0.3, -0.25) is 4.90 Å². The minimum atomic E-state index is 0. The van der Waals surface area contributed by atoms with Crippen LogP contribution in [-0.4, -0.2) is 37.7 Å². The van der Waals surface area contributed by atoms with Crippen LogP contribution in [0.15, 0.2) is 18.2 Å². The van der Waals surface area contributed by atoms with E-state index in [0.717, 1.165) is 18.3 Å². The molecule has 1 fully saturated rings. The highest BCUT2D eigenvalue weighted by Gasteiger charge is 2.24. The number of fused-ring (bicyclic) bond motifs is 1. The molecule has 19 heavy (non-hydrogen) atoms. The Labute approximate surface area is 121 Å². The fourth-order valence-electron chi connectivity index (χ4n) is 3.17. The van der Waals surface area contributed by atoms with Gasteiger partial charge in [-0.25, -0.2) is 0 Å². The van der Waals surface area contributed by atoms with Gasteiger partial charge in [0.1, 0.15) is 5.75 Å². The Morgan fingerprint density at radius 1 is 1.21 bits per heavy atom. The Balaban J connectivity index is 0.00000133. The average molecular weight is 283 g/mol. The standard InChI is InChI=1S/C15H22N2O.ClH/c1-18-15-3-2-12-6-9-17(11-13(12)10-15)14-4-7-16-8-5-14;/h2-3,10,14,16H,4-9,11H2,1H3;1H. The van der Waals surface area contributed by atoms with Gasteiger partial charge >= 0.3 is 0 Å². The van der Waals surface area contributed by atoms with Gasteiger partial charge in [-0.2, -0.15) is 0 Å². The summed E-state index contributed by atoms with van der Waals surface area (Å²) in [5.41, 5.74) is 2.96. The van der Waals surface area contributed by atoms with Crippen molar-refractivity contribution in [3.05, 3.63) is 29.3 Å². The first-order valence-electron chi connectivity index (χ1n) is 6.97. The number of nitrogens with one attached hydrogen (secondary N) is 1. The molecular formula is C15H23ClN2O. The third kappa shape index (κ3) is 3.22. The molecule has 1 saturated heterocycles. The van der Waals surface area contributed by atoms with E-state index in [2.05, 4.69) is 28.4 Å². The number of ether oxygens (including phenoxy) is 1. The van der Waals surface area contributed by atoms with E-state index in [1.54, 1.807) is 7.11 Å². The normalized spacial score (nSPS) is 20.5. The molecule has 0 spiro atoms. The maximum Gasteiger partial charge on any atom is 0.119 e. The van der Waals surface area contributed by atoms with Crippen molar-refractivity contribution in [1.82, 2.24) is 10.2 Å². The molecule has 1 aromatic rings. The van der Waals surface area contributed by atoms with Gasteiger partial charge in [-0.1, -0.05) is 6.07 Å². The highest BCUT2D eigenvalue weighted by molar-refractivity contribution is 5.85. The van der Waals surface area contributed by atoms with Crippen LogP contribution in [0.1, 0.15) is 24.0 Å². The summed E-state index contributed by atoms with van der Waals surface area (Å²) < 4.78 is 5.33. The van der Waals surface area contributed by atoms with Crippen LogP contribution in [0.4, 0.5) is 0 Å². The number of hydrogen-bond acceptors (Lipinski definition) is 3. The molecule has 1 N–H and O–H groups in total. The molecule has 4 heteroatoms.